The molecule has 0 saturated heterocycles. The Balaban J connectivity index is 1.40. The standard InChI is InChI=1S/C37H30F11NO3/c1-2-3-4-5-6-7-8-9-24-11-14-25(49-22-24)13-10-23-12-16-28(29(38)18-23)35(42,43)51-27-20-31(40)34(32(41)21-27)36(44,45)50-26-15-17-33(30(39)19-26)52-37(46,47)48/h11-12,14-22H,2-9H2,1H3. The van der Waals surface area contributed by atoms with Gasteiger partial charge in [-0.05, 0) is 60.7 Å². The van der Waals surface area contributed by atoms with E-state index in [4.69, 9.17) is 0 Å². The van der Waals surface area contributed by atoms with E-state index >= 15 is 0 Å². The summed E-state index contributed by atoms with van der Waals surface area (Å²) in [5.74, 6) is -6.26. The highest BCUT2D eigenvalue weighted by molar-refractivity contribution is 5.43. The van der Waals surface area contributed by atoms with Crippen LogP contribution in [-0.2, 0) is 18.6 Å². The van der Waals surface area contributed by atoms with Crippen LogP contribution in [0.4, 0.5) is 48.3 Å². The summed E-state index contributed by atoms with van der Waals surface area (Å²) in [4.78, 5) is 4.26. The van der Waals surface area contributed by atoms with Gasteiger partial charge < -0.3 is 14.2 Å². The highest BCUT2D eigenvalue weighted by Crippen LogP contribution is 2.40. The Morgan fingerprint density at radius 3 is 1.83 bits per heavy atom. The summed E-state index contributed by atoms with van der Waals surface area (Å²) < 4.78 is 166. The van der Waals surface area contributed by atoms with Crippen molar-refractivity contribution in [3.05, 3.63) is 118 Å². The predicted molar refractivity (Wildman–Crippen MR) is 167 cm³/mol. The summed E-state index contributed by atoms with van der Waals surface area (Å²) in [5, 5.41) is 0. The number of ether oxygens (including phenoxy) is 3. The lowest BCUT2D eigenvalue weighted by atomic mass is 10.1. The average Bonchev–Trinajstić information content (AvgIpc) is 3.03. The first kappa shape index (κ1) is 39.8. The molecule has 15 heteroatoms. The Morgan fingerprint density at radius 2 is 1.23 bits per heavy atom. The average molecular weight is 746 g/mol. The van der Waals surface area contributed by atoms with Gasteiger partial charge in [-0.25, -0.2) is 22.5 Å². The van der Waals surface area contributed by atoms with Crippen LogP contribution >= 0.6 is 0 Å². The lowest BCUT2D eigenvalue weighted by molar-refractivity contribution is -0.275. The van der Waals surface area contributed by atoms with Crippen LogP contribution in [0.2, 0.25) is 0 Å². The Kier molecular flexibility index (Phi) is 13.0. The van der Waals surface area contributed by atoms with Crippen LogP contribution in [0, 0.1) is 35.1 Å². The van der Waals surface area contributed by atoms with Gasteiger partial charge in [0.25, 0.3) is 0 Å². The molecule has 0 saturated carbocycles. The summed E-state index contributed by atoms with van der Waals surface area (Å²) in [7, 11) is 0. The first-order chi connectivity index (χ1) is 24.5. The van der Waals surface area contributed by atoms with Crippen LogP contribution < -0.4 is 14.2 Å². The van der Waals surface area contributed by atoms with E-state index in [1.807, 2.05) is 6.07 Å². The third kappa shape index (κ3) is 11.2. The molecule has 0 bridgehead atoms. The number of rotatable bonds is 15. The fourth-order valence-corrected chi connectivity index (χ4v) is 4.94. The molecule has 0 aliphatic rings. The van der Waals surface area contributed by atoms with Gasteiger partial charge in [0, 0.05) is 30.0 Å². The van der Waals surface area contributed by atoms with Crippen LogP contribution in [0.5, 0.6) is 17.2 Å². The summed E-state index contributed by atoms with van der Waals surface area (Å²) in [6.45, 7) is 2.17. The van der Waals surface area contributed by atoms with Crippen molar-refractivity contribution in [2.24, 2.45) is 0 Å². The summed E-state index contributed by atoms with van der Waals surface area (Å²) >= 11 is 0. The molecule has 4 nitrogen and oxygen atoms in total. The van der Waals surface area contributed by atoms with E-state index in [1.165, 1.54) is 32.1 Å². The molecule has 1 aromatic heterocycles. The molecular formula is C37H30F11NO3. The molecule has 0 radical (unpaired) electrons. The number of pyridine rings is 1. The number of aromatic nitrogens is 1. The van der Waals surface area contributed by atoms with Gasteiger partial charge in [0.2, 0.25) is 0 Å². The van der Waals surface area contributed by atoms with Gasteiger partial charge in [-0.1, -0.05) is 57.4 Å². The molecule has 3 aromatic carbocycles. The smallest absolute Gasteiger partial charge is 0.429 e. The molecular weight excluding hydrogens is 715 g/mol. The highest BCUT2D eigenvalue weighted by atomic mass is 19.4. The zero-order chi connectivity index (χ0) is 38.1. The minimum absolute atomic E-state index is 0.0166. The van der Waals surface area contributed by atoms with Crippen molar-refractivity contribution in [1.29, 1.82) is 0 Å². The van der Waals surface area contributed by atoms with Gasteiger partial charge >= 0.3 is 18.6 Å². The lowest BCUT2D eigenvalue weighted by Crippen LogP contribution is -2.26. The van der Waals surface area contributed by atoms with E-state index in [0.29, 0.717) is 23.9 Å². The largest absolute Gasteiger partial charge is 0.573 e. The van der Waals surface area contributed by atoms with Gasteiger partial charge in [-0.15, -0.1) is 13.2 Å². The van der Waals surface area contributed by atoms with Crippen molar-refractivity contribution < 1.29 is 62.5 Å². The Hall–Kier alpha value is -5.00. The van der Waals surface area contributed by atoms with Crippen LogP contribution in [0.15, 0.2) is 66.9 Å². The molecule has 0 amide bonds. The summed E-state index contributed by atoms with van der Waals surface area (Å²) in [5.41, 5.74) is -2.14. The third-order valence-corrected chi connectivity index (χ3v) is 7.44. The maximum atomic E-state index is 14.9. The van der Waals surface area contributed by atoms with Gasteiger partial charge in [-0.2, -0.15) is 17.6 Å². The van der Waals surface area contributed by atoms with Gasteiger partial charge in [0.05, 0.1) is 0 Å². The molecule has 278 valence electrons. The van der Waals surface area contributed by atoms with Crippen molar-refractivity contribution in [3.63, 3.8) is 0 Å². The van der Waals surface area contributed by atoms with E-state index in [2.05, 4.69) is 38.0 Å². The minimum Gasteiger partial charge on any atom is -0.429 e. The van der Waals surface area contributed by atoms with Gasteiger partial charge in [0.1, 0.15) is 45.8 Å². The molecule has 4 aromatic rings. The fraction of sp³-hybridized carbons (Fsp3) is 0.324. The SMILES string of the molecule is CCCCCCCCCc1ccc(C#Cc2ccc(C(F)(F)Oc3cc(F)c(C(F)(F)Oc4ccc(OC(F)(F)F)c(F)c4)c(F)c3)c(F)c2)nc1. The molecule has 0 fully saturated rings. The van der Waals surface area contributed by atoms with Crippen molar-refractivity contribution in [3.8, 4) is 29.1 Å². The van der Waals surface area contributed by atoms with Crippen molar-refractivity contribution >= 4 is 0 Å². The molecule has 0 unspecified atom stereocenters. The van der Waals surface area contributed by atoms with Crippen molar-refractivity contribution in [1.82, 2.24) is 4.98 Å². The number of benzene rings is 3. The quantitative estimate of drug-likeness (QED) is 0.0690. The van der Waals surface area contributed by atoms with Crippen molar-refractivity contribution in [2.45, 2.75) is 76.9 Å². The number of aryl methyl sites for hydroxylation is 1. The van der Waals surface area contributed by atoms with E-state index in [9.17, 15) is 48.3 Å². The second-order valence-electron chi connectivity index (χ2n) is 11.5. The number of unbranched alkanes of at least 4 members (excludes halogenated alkanes) is 6. The molecule has 0 N–H and O–H groups in total. The Bertz CT molecular complexity index is 1860. The fourth-order valence-electron chi connectivity index (χ4n) is 4.94. The molecule has 0 atom stereocenters. The van der Waals surface area contributed by atoms with Gasteiger partial charge in [-0.3, -0.25) is 0 Å². The Morgan fingerprint density at radius 1 is 0.596 bits per heavy atom. The lowest BCUT2D eigenvalue weighted by Gasteiger charge is -2.22. The van der Waals surface area contributed by atoms with E-state index in [0.717, 1.165) is 30.9 Å². The highest BCUT2D eigenvalue weighted by Gasteiger charge is 2.43. The topological polar surface area (TPSA) is 40.6 Å². The van der Waals surface area contributed by atoms with E-state index in [-0.39, 0.29) is 29.8 Å². The molecule has 0 aliphatic carbocycles. The van der Waals surface area contributed by atoms with Crippen molar-refractivity contribution in [2.75, 3.05) is 0 Å². The van der Waals surface area contributed by atoms with E-state index in [1.54, 1.807) is 12.3 Å². The predicted octanol–water partition coefficient (Wildman–Crippen LogP) is 11.5. The number of halogens is 11. The van der Waals surface area contributed by atoms with E-state index < -0.39 is 70.2 Å². The van der Waals surface area contributed by atoms with Gasteiger partial charge in [0.15, 0.2) is 11.6 Å². The maximum Gasteiger partial charge on any atom is 0.573 e. The molecule has 1 heterocycles. The number of hydrogen-bond acceptors (Lipinski definition) is 4. The Labute approximate surface area is 291 Å². The second kappa shape index (κ2) is 17.0. The molecule has 0 spiro atoms. The van der Waals surface area contributed by atoms with Crippen LogP contribution in [0.25, 0.3) is 0 Å². The van der Waals surface area contributed by atoms with Crippen LogP contribution in [-0.4, -0.2) is 11.3 Å². The zero-order valence-corrected chi connectivity index (χ0v) is 27.3. The molecule has 0 aliphatic heterocycles. The number of alkyl halides is 7. The van der Waals surface area contributed by atoms with Crippen LogP contribution in [0.3, 0.4) is 0 Å². The monoisotopic (exact) mass is 745 g/mol. The molecule has 52 heavy (non-hydrogen) atoms. The second-order valence-corrected chi connectivity index (χ2v) is 11.5. The molecule has 4 rings (SSSR count). The number of hydrogen-bond donors (Lipinski definition) is 0. The maximum absolute atomic E-state index is 14.9. The zero-order valence-electron chi connectivity index (χ0n) is 27.3. The van der Waals surface area contributed by atoms with Crippen LogP contribution in [0.1, 0.15) is 79.8 Å². The normalized spacial score (nSPS) is 11.9. The third-order valence-electron chi connectivity index (χ3n) is 7.44. The summed E-state index contributed by atoms with van der Waals surface area (Å²) in [6, 6.07) is 6.43. The minimum atomic E-state index is -5.32. The first-order valence-electron chi connectivity index (χ1n) is 15.9. The number of nitrogens with zero attached hydrogens (tertiary/aromatic N) is 1. The summed E-state index contributed by atoms with van der Waals surface area (Å²) in [6.07, 6.45) is -4.10. The first-order valence-corrected chi connectivity index (χ1v) is 15.9.